The third-order valence-corrected chi connectivity index (χ3v) is 2.76. The maximum atomic E-state index is 11.8. The van der Waals surface area contributed by atoms with Crippen LogP contribution in [0, 0.1) is 17.0 Å². The molecule has 0 bridgehead atoms. The van der Waals surface area contributed by atoms with Crippen LogP contribution in [0.15, 0.2) is 45.9 Å². The smallest absolute Gasteiger partial charge is 0.271 e. The molecule has 1 aromatic carbocycles. The molecule has 0 aliphatic rings. The molecule has 0 fully saturated rings. The molecule has 1 aromatic heterocycles. The number of benzene rings is 1. The van der Waals surface area contributed by atoms with Gasteiger partial charge in [-0.2, -0.15) is 5.10 Å². The van der Waals surface area contributed by atoms with Gasteiger partial charge >= 0.3 is 0 Å². The lowest BCUT2D eigenvalue weighted by atomic mass is 10.2. The second-order valence-corrected chi connectivity index (χ2v) is 4.35. The summed E-state index contributed by atoms with van der Waals surface area (Å²) in [6, 6.07) is 8.83. The van der Waals surface area contributed by atoms with Crippen LogP contribution in [0.25, 0.3) is 0 Å². The SMILES string of the molecule is CC(=NNC(=O)c1ccc([N+](=O)[O-])cc1)c1ccc(C)o1. The van der Waals surface area contributed by atoms with Crippen LogP contribution in [-0.2, 0) is 0 Å². The van der Waals surface area contributed by atoms with E-state index in [0.29, 0.717) is 11.5 Å². The molecule has 1 heterocycles. The summed E-state index contributed by atoms with van der Waals surface area (Å²) in [5.74, 6) is 0.866. The second kappa shape index (κ2) is 6.00. The molecule has 2 rings (SSSR count). The third-order valence-electron chi connectivity index (χ3n) is 2.76. The van der Waals surface area contributed by atoms with Crippen LogP contribution in [-0.4, -0.2) is 16.5 Å². The highest BCUT2D eigenvalue weighted by molar-refractivity contribution is 5.99. The molecular formula is C14H13N3O4. The lowest BCUT2D eigenvalue weighted by molar-refractivity contribution is -0.384. The standard InChI is InChI=1S/C14H13N3O4/c1-9-3-8-13(21-9)10(2)15-16-14(18)11-4-6-12(7-5-11)17(19)20/h3-8H,1-2H3,(H,16,18). The normalized spacial score (nSPS) is 11.2. The molecule has 2 aromatic rings. The van der Waals surface area contributed by atoms with Crippen molar-refractivity contribution in [3.05, 3.63) is 63.6 Å². The summed E-state index contributed by atoms with van der Waals surface area (Å²) in [5, 5.41) is 14.5. The number of hydrazone groups is 1. The Kier molecular flexibility index (Phi) is 4.13. The molecule has 0 spiro atoms. The topological polar surface area (TPSA) is 97.7 Å². The Bertz CT molecular complexity index is 701. The van der Waals surface area contributed by atoms with Gasteiger partial charge < -0.3 is 4.42 Å². The number of aryl methyl sites for hydroxylation is 1. The van der Waals surface area contributed by atoms with Crippen molar-refractivity contribution in [1.29, 1.82) is 0 Å². The molecule has 7 nitrogen and oxygen atoms in total. The maximum absolute atomic E-state index is 11.8. The summed E-state index contributed by atoms with van der Waals surface area (Å²) in [4.78, 5) is 21.9. The first-order valence-corrected chi connectivity index (χ1v) is 6.13. The number of hydrogen-bond donors (Lipinski definition) is 1. The summed E-state index contributed by atoms with van der Waals surface area (Å²) < 4.78 is 5.37. The predicted octanol–water partition coefficient (Wildman–Crippen LogP) is 2.65. The summed E-state index contributed by atoms with van der Waals surface area (Å²) in [6.45, 7) is 3.51. The minimum atomic E-state index is -0.525. The number of rotatable bonds is 4. The van der Waals surface area contributed by atoms with Crippen LogP contribution in [0.4, 0.5) is 5.69 Å². The molecular weight excluding hydrogens is 274 g/mol. The van der Waals surface area contributed by atoms with Crippen molar-refractivity contribution >= 4 is 17.3 Å². The molecule has 0 aliphatic carbocycles. The number of hydrogen-bond acceptors (Lipinski definition) is 5. The third kappa shape index (κ3) is 3.53. The van der Waals surface area contributed by atoms with E-state index in [0.717, 1.165) is 5.76 Å². The minimum absolute atomic E-state index is 0.0720. The van der Waals surface area contributed by atoms with E-state index in [1.165, 1.54) is 24.3 Å². The Morgan fingerprint density at radius 2 is 1.90 bits per heavy atom. The molecule has 1 N–H and O–H groups in total. The number of nitrogens with zero attached hydrogens (tertiary/aromatic N) is 2. The van der Waals surface area contributed by atoms with E-state index < -0.39 is 10.8 Å². The molecule has 1 amide bonds. The fourth-order valence-corrected chi connectivity index (χ4v) is 1.62. The lowest BCUT2D eigenvalue weighted by Gasteiger charge is -2.01. The first-order chi connectivity index (χ1) is 9.97. The Morgan fingerprint density at radius 1 is 1.24 bits per heavy atom. The van der Waals surface area contributed by atoms with Crippen molar-refractivity contribution in [1.82, 2.24) is 5.43 Å². The van der Waals surface area contributed by atoms with Gasteiger partial charge in [0.05, 0.1) is 4.92 Å². The van der Waals surface area contributed by atoms with Crippen LogP contribution in [0.5, 0.6) is 0 Å². The molecule has 0 aliphatic heterocycles. The van der Waals surface area contributed by atoms with Gasteiger partial charge in [0.15, 0.2) is 0 Å². The van der Waals surface area contributed by atoms with E-state index in [-0.39, 0.29) is 11.3 Å². The Morgan fingerprint density at radius 3 is 2.43 bits per heavy atom. The van der Waals surface area contributed by atoms with Crippen molar-refractivity contribution in [2.75, 3.05) is 0 Å². The van der Waals surface area contributed by atoms with Crippen molar-refractivity contribution in [3.63, 3.8) is 0 Å². The van der Waals surface area contributed by atoms with Crippen molar-refractivity contribution in [3.8, 4) is 0 Å². The van der Waals surface area contributed by atoms with E-state index in [9.17, 15) is 14.9 Å². The number of carbonyl (C=O) groups is 1. The number of nitro benzene ring substituents is 1. The van der Waals surface area contributed by atoms with Gasteiger partial charge in [-0.25, -0.2) is 5.43 Å². The summed E-state index contributed by atoms with van der Waals surface area (Å²) in [6.07, 6.45) is 0. The fraction of sp³-hybridized carbons (Fsp3) is 0.143. The second-order valence-electron chi connectivity index (χ2n) is 4.35. The molecule has 0 saturated carbocycles. The van der Waals surface area contributed by atoms with E-state index in [1.54, 1.807) is 19.1 Å². The lowest BCUT2D eigenvalue weighted by Crippen LogP contribution is -2.19. The van der Waals surface area contributed by atoms with Crippen molar-refractivity contribution in [2.24, 2.45) is 5.10 Å². The molecule has 7 heteroatoms. The van der Waals surface area contributed by atoms with Crippen molar-refractivity contribution in [2.45, 2.75) is 13.8 Å². The largest absolute Gasteiger partial charge is 0.460 e. The zero-order chi connectivity index (χ0) is 15.4. The highest BCUT2D eigenvalue weighted by Gasteiger charge is 2.09. The van der Waals surface area contributed by atoms with E-state index >= 15 is 0 Å². The van der Waals surface area contributed by atoms with Gasteiger partial charge in [-0.1, -0.05) is 0 Å². The van der Waals surface area contributed by atoms with Crippen LogP contribution < -0.4 is 5.43 Å². The quantitative estimate of drug-likeness (QED) is 0.531. The molecule has 0 unspecified atom stereocenters. The summed E-state index contributed by atoms with van der Waals surface area (Å²) in [7, 11) is 0. The van der Waals surface area contributed by atoms with Gasteiger partial charge in [0.25, 0.3) is 11.6 Å². The molecule has 21 heavy (non-hydrogen) atoms. The number of nitro groups is 1. The van der Waals surface area contributed by atoms with Gasteiger partial charge in [0, 0.05) is 17.7 Å². The number of furan rings is 1. The number of nitrogens with one attached hydrogen (secondary N) is 1. The first-order valence-electron chi connectivity index (χ1n) is 6.13. The van der Waals surface area contributed by atoms with Crippen molar-refractivity contribution < 1.29 is 14.1 Å². The monoisotopic (exact) mass is 287 g/mol. The van der Waals surface area contributed by atoms with Gasteiger partial charge in [-0.05, 0) is 38.1 Å². The minimum Gasteiger partial charge on any atom is -0.460 e. The van der Waals surface area contributed by atoms with Crippen LogP contribution in [0.1, 0.15) is 28.8 Å². The van der Waals surface area contributed by atoms with Gasteiger partial charge in [0.1, 0.15) is 17.2 Å². The van der Waals surface area contributed by atoms with E-state index in [1.807, 2.05) is 6.92 Å². The van der Waals surface area contributed by atoms with Gasteiger partial charge in [-0.15, -0.1) is 0 Å². The highest BCUT2D eigenvalue weighted by Crippen LogP contribution is 2.12. The average Bonchev–Trinajstić information content (AvgIpc) is 2.91. The van der Waals surface area contributed by atoms with Crippen LogP contribution >= 0.6 is 0 Å². The maximum Gasteiger partial charge on any atom is 0.271 e. The highest BCUT2D eigenvalue weighted by atomic mass is 16.6. The Balaban J connectivity index is 2.06. The number of carbonyl (C=O) groups excluding carboxylic acids is 1. The Hall–Kier alpha value is -2.96. The zero-order valence-corrected chi connectivity index (χ0v) is 11.5. The molecule has 108 valence electrons. The average molecular weight is 287 g/mol. The Labute approximate surface area is 120 Å². The fourth-order valence-electron chi connectivity index (χ4n) is 1.62. The zero-order valence-electron chi connectivity index (χ0n) is 11.5. The van der Waals surface area contributed by atoms with E-state index in [4.69, 9.17) is 4.42 Å². The first kappa shape index (κ1) is 14.4. The van der Waals surface area contributed by atoms with Crippen LogP contribution in [0.3, 0.4) is 0 Å². The van der Waals surface area contributed by atoms with Gasteiger partial charge in [0.2, 0.25) is 0 Å². The van der Waals surface area contributed by atoms with Crippen LogP contribution in [0.2, 0.25) is 0 Å². The molecule has 0 radical (unpaired) electrons. The molecule has 0 atom stereocenters. The van der Waals surface area contributed by atoms with Gasteiger partial charge in [-0.3, -0.25) is 14.9 Å². The predicted molar refractivity (Wildman–Crippen MR) is 76.2 cm³/mol. The summed E-state index contributed by atoms with van der Waals surface area (Å²) >= 11 is 0. The molecule has 0 saturated heterocycles. The summed E-state index contributed by atoms with van der Waals surface area (Å²) in [5.41, 5.74) is 3.11. The number of non-ortho nitro benzene ring substituents is 1. The van der Waals surface area contributed by atoms with E-state index in [2.05, 4.69) is 10.5 Å². The number of amides is 1.